The molecule has 100 valence electrons. The summed E-state index contributed by atoms with van der Waals surface area (Å²) in [7, 11) is -2.69. The van der Waals surface area contributed by atoms with Gasteiger partial charge in [-0.1, -0.05) is 0 Å². The molecule has 0 aliphatic carbocycles. The molecule has 1 N–H and O–H groups in total. The molecule has 10 heteroatoms. The van der Waals surface area contributed by atoms with Crippen LogP contribution in [0.1, 0.15) is 6.42 Å². The second-order valence-electron chi connectivity index (χ2n) is 2.84. The maximum Gasteiger partial charge on any atom is 0.310 e. The molecule has 0 aromatic rings. The van der Waals surface area contributed by atoms with E-state index in [0.717, 1.165) is 14.2 Å². The molecule has 0 saturated heterocycles. The highest BCUT2D eigenvalue weighted by molar-refractivity contribution is 7.80. The maximum atomic E-state index is 11.2. The van der Waals surface area contributed by atoms with Crippen LogP contribution in [-0.2, 0) is 33.7 Å². The van der Waals surface area contributed by atoms with Crippen LogP contribution in [0.15, 0.2) is 0 Å². The van der Waals surface area contributed by atoms with Gasteiger partial charge >= 0.3 is 11.9 Å². The van der Waals surface area contributed by atoms with Gasteiger partial charge in [0.25, 0.3) is 0 Å². The van der Waals surface area contributed by atoms with Crippen LogP contribution < -0.4 is 5.48 Å². The van der Waals surface area contributed by atoms with Crippen molar-refractivity contribution >= 4 is 22.3 Å². The Morgan fingerprint density at radius 1 is 1.29 bits per heavy atom. The molecule has 0 aliphatic rings. The Labute approximate surface area is 97.9 Å². The van der Waals surface area contributed by atoms with Crippen molar-refractivity contribution in [1.29, 1.82) is 0 Å². The quantitative estimate of drug-likeness (QED) is 0.249. The summed E-state index contributed by atoms with van der Waals surface area (Å²) in [5.74, 6) is -2.48. The third-order valence-corrected chi connectivity index (χ3v) is 1.99. The molecule has 0 bridgehead atoms. The van der Waals surface area contributed by atoms with E-state index in [2.05, 4.69) is 13.8 Å². The second kappa shape index (κ2) is 7.17. The zero-order chi connectivity index (χ0) is 13.5. The van der Waals surface area contributed by atoms with Crippen LogP contribution in [0.4, 0.5) is 0 Å². The lowest BCUT2D eigenvalue weighted by atomic mass is 10.1. The summed E-state index contributed by atoms with van der Waals surface area (Å²) in [4.78, 5) is 22.1. The van der Waals surface area contributed by atoms with E-state index in [4.69, 9.17) is 0 Å². The molecule has 0 heterocycles. The molecular weight excluding hydrogens is 258 g/mol. The number of methoxy groups -OCH3 is 2. The van der Waals surface area contributed by atoms with E-state index in [0.29, 0.717) is 0 Å². The Balaban J connectivity index is 4.30. The van der Waals surface area contributed by atoms with Gasteiger partial charge in [-0.05, 0) is 0 Å². The van der Waals surface area contributed by atoms with Crippen LogP contribution >= 0.6 is 0 Å². The first-order valence-corrected chi connectivity index (χ1v) is 5.65. The van der Waals surface area contributed by atoms with Gasteiger partial charge in [-0.3, -0.25) is 9.59 Å². The van der Waals surface area contributed by atoms with Crippen molar-refractivity contribution in [2.75, 3.05) is 20.8 Å². The molecule has 0 spiro atoms. The smallest absolute Gasteiger partial charge is 0.310 e. The summed E-state index contributed by atoms with van der Waals surface area (Å²) in [6.07, 6.45) is -0.335. The molecule has 0 saturated carbocycles. The van der Waals surface area contributed by atoms with Crippen molar-refractivity contribution < 1.29 is 36.3 Å². The SMILES string of the molecule is COC(=O)CC(CNOS(=O)(=O)[O-])C(=O)OC. The van der Waals surface area contributed by atoms with E-state index in [1.54, 1.807) is 5.48 Å². The predicted octanol–water partition coefficient (Wildman–Crippen LogP) is -1.68. The van der Waals surface area contributed by atoms with Crippen molar-refractivity contribution in [3.05, 3.63) is 0 Å². The Bertz CT molecular complexity index is 364. The lowest BCUT2D eigenvalue weighted by Crippen LogP contribution is -2.32. The monoisotopic (exact) mass is 270 g/mol. The normalized spacial score (nSPS) is 12.9. The highest BCUT2D eigenvalue weighted by Crippen LogP contribution is 2.06. The molecule has 1 unspecified atom stereocenters. The molecule has 0 radical (unpaired) electrons. The van der Waals surface area contributed by atoms with E-state index < -0.39 is 28.3 Å². The van der Waals surface area contributed by atoms with Crippen LogP contribution in [0.2, 0.25) is 0 Å². The van der Waals surface area contributed by atoms with Gasteiger partial charge in [0, 0.05) is 6.54 Å². The maximum absolute atomic E-state index is 11.2. The van der Waals surface area contributed by atoms with Crippen LogP contribution in [0, 0.1) is 5.92 Å². The fourth-order valence-electron chi connectivity index (χ4n) is 0.897. The number of esters is 2. The number of hydroxylamine groups is 1. The largest absolute Gasteiger partial charge is 0.724 e. The number of carbonyl (C=O) groups excluding carboxylic acids is 2. The van der Waals surface area contributed by atoms with Crippen molar-refractivity contribution in [2.45, 2.75) is 6.42 Å². The Morgan fingerprint density at radius 3 is 2.29 bits per heavy atom. The van der Waals surface area contributed by atoms with Gasteiger partial charge in [-0.2, -0.15) is 9.76 Å². The molecule has 0 amide bonds. The Hall–Kier alpha value is -1.23. The summed E-state index contributed by atoms with van der Waals surface area (Å²) in [5.41, 5.74) is 1.76. The number of hydrogen-bond acceptors (Lipinski definition) is 9. The molecule has 0 rings (SSSR count). The topological polar surface area (TPSA) is 131 Å². The van der Waals surface area contributed by atoms with Crippen molar-refractivity contribution in [2.24, 2.45) is 5.92 Å². The highest BCUT2D eigenvalue weighted by atomic mass is 32.3. The van der Waals surface area contributed by atoms with Crippen molar-refractivity contribution in [1.82, 2.24) is 5.48 Å². The van der Waals surface area contributed by atoms with Gasteiger partial charge in [0.2, 0.25) is 10.4 Å². The summed E-state index contributed by atoms with van der Waals surface area (Å²) < 4.78 is 42.6. The fraction of sp³-hybridized carbons (Fsp3) is 0.714. The third-order valence-electron chi connectivity index (χ3n) is 1.67. The van der Waals surface area contributed by atoms with Gasteiger partial charge in [0.15, 0.2) is 0 Å². The Morgan fingerprint density at radius 2 is 1.88 bits per heavy atom. The third kappa shape index (κ3) is 7.63. The van der Waals surface area contributed by atoms with Gasteiger partial charge < -0.3 is 14.0 Å². The van der Waals surface area contributed by atoms with Gasteiger partial charge in [-0.15, -0.1) is 0 Å². The standard InChI is InChI=1S/C7H13NO8S/c1-14-6(9)3-5(7(10)15-2)4-8-16-17(11,12)13/h5,8H,3-4H2,1-2H3,(H,11,12,13)/p-1. The number of carbonyl (C=O) groups is 2. The average Bonchev–Trinajstić information content (AvgIpc) is 2.24. The highest BCUT2D eigenvalue weighted by Gasteiger charge is 2.23. The minimum atomic E-state index is -4.92. The number of hydrogen-bond donors (Lipinski definition) is 1. The van der Waals surface area contributed by atoms with Crippen LogP contribution in [0.25, 0.3) is 0 Å². The van der Waals surface area contributed by atoms with Crippen LogP contribution in [0.3, 0.4) is 0 Å². The fourth-order valence-corrected chi connectivity index (χ4v) is 1.11. The van der Waals surface area contributed by atoms with E-state index in [1.807, 2.05) is 0 Å². The summed E-state index contributed by atoms with van der Waals surface area (Å²) in [6.45, 7) is -0.386. The molecule has 0 fully saturated rings. The molecular formula is C7H12NO8S-. The molecule has 9 nitrogen and oxygen atoms in total. The number of ether oxygens (including phenoxy) is 2. The van der Waals surface area contributed by atoms with Crippen LogP contribution in [-0.4, -0.2) is 45.7 Å². The first-order valence-electron chi connectivity index (χ1n) is 4.32. The van der Waals surface area contributed by atoms with Crippen LogP contribution in [0.5, 0.6) is 0 Å². The van der Waals surface area contributed by atoms with Gasteiger partial charge in [0.1, 0.15) is 0 Å². The second-order valence-corrected chi connectivity index (χ2v) is 3.82. The predicted molar refractivity (Wildman–Crippen MR) is 50.9 cm³/mol. The summed E-state index contributed by atoms with van der Waals surface area (Å²) in [6, 6.07) is 0. The van der Waals surface area contributed by atoms with E-state index in [1.165, 1.54) is 0 Å². The lowest BCUT2D eigenvalue weighted by Gasteiger charge is -2.14. The molecule has 0 aliphatic heterocycles. The zero-order valence-electron chi connectivity index (χ0n) is 9.17. The first-order chi connectivity index (χ1) is 7.80. The van der Waals surface area contributed by atoms with E-state index >= 15 is 0 Å². The minimum Gasteiger partial charge on any atom is -0.724 e. The average molecular weight is 270 g/mol. The van der Waals surface area contributed by atoms with Crippen molar-refractivity contribution in [3.63, 3.8) is 0 Å². The van der Waals surface area contributed by atoms with E-state index in [9.17, 15) is 22.6 Å². The zero-order valence-corrected chi connectivity index (χ0v) is 9.98. The summed E-state index contributed by atoms with van der Waals surface area (Å²) in [5, 5.41) is 0. The molecule has 1 atom stereocenters. The Kier molecular flexibility index (Phi) is 6.65. The van der Waals surface area contributed by atoms with Crippen molar-refractivity contribution in [3.8, 4) is 0 Å². The first kappa shape index (κ1) is 15.8. The lowest BCUT2D eigenvalue weighted by molar-refractivity contribution is -0.152. The van der Waals surface area contributed by atoms with Gasteiger partial charge in [0.05, 0.1) is 26.6 Å². The number of nitrogens with one attached hydrogen (secondary N) is 1. The summed E-state index contributed by atoms with van der Waals surface area (Å²) >= 11 is 0. The van der Waals surface area contributed by atoms with E-state index in [-0.39, 0.29) is 13.0 Å². The van der Waals surface area contributed by atoms with Gasteiger partial charge in [-0.25, -0.2) is 8.42 Å². The molecule has 17 heavy (non-hydrogen) atoms. The minimum absolute atomic E-state index is 0.335. The molecule has 0 aromatic carbocycles. The number of rotatable bonds is 7. The molecule has 0 aromatic heterocycles.